The summed E-state index contributed by atoms with van der Waals surface area (Å²) < 4.78 is 6.23. The average Bonchev–Trinajstić information content (AvgIpc) is 2.72. The second kappa shape index (κ2) is 9.44. The van der Waals surface area contributed by atoms with Crippen molar-refractivity contribution in [3.05, 3.63) is 29.8 Å². The second-order valence-electron chi connectivity index (χ2n) is 7.62. The van der Waals surface area contributed by atoms with Gasteiger partial charge in [-0.25, -0.2) is 0 Å². The molecule has 2 heterocycles. The van der Waals surface area contributed by atoms with Crippen molar-refractivity contribution in [2.75, 3.05) is 44.3 Å². The number of carbonyl (C=O) groups excluding carboxylic acids is 2. The van der Waals surface area contributed by atoms with Gasteiger partial charge < -0.3 is 14.5 Å². The Hall–Kier alpha value is -1.34. The van der Waals surface area contributed by atoms with Crippen LogP contribution in [0, 0.1) is 5.92 Å². The van der Waals surface area contributed by atoms with Crippen molar-refractivity contribution in [2.24, 2.45) is 5.92 Å². The van der Waals surface area contributed by atoms with E-state index in [1.807, 2.05) is 45.5 Å². The van der Waals surface area contributed by atoms with Gasteiger partial charge in [0.1, 0.15) is 5.75 Å². The van der Waals surface area contributed by atoms with E-state index in [2.05, 4.69) is 12.1 Å². The molecule has 3 aliphatic rings. The topological polar surface area (TPSA) is 49.9 Å². The summed E-state index contributed by atoms with van der Waals surface area (Å²) in [7, 11) is 0. The number of thioether (sulfide) groups is 2. The summed E-state index contributed by atoms with van der Waals surface area (Å²) in [4.78, 5) is 28.5. The number of ether oxygens (including phenoxy) is 1. The highest BCUT2D eigenvalue weighted by Crippen LogP contribution is 2.43. The Balaban J connectivity index is 1.20. The first-order valence-corrected chi connectivity index (χ1v) is 12.3. The molecule has 0 spiro atoms. The molecule has 0 N–H and O–H groups in total. The van der Waals surface area contributed by atoms with Crippen molar-refractivity contribution in [1.29, 1.82) is 0 Å². The van der Waals surface area contributed by atoms with Gasteiger partial charge in [0.2, 0.25) is 5.91 Å². The molecule has 4 rings (SSSR count). The highest BCUT2D eigenvalue weighted by atomic mass is 32.2. The lowest BCUT2D eigenvalue weighted by Crippen LogP contribution is -2.53. The third kappa shape index (κ3) is 4.79. The molecule has 0 unspecified atom stereocenters. The maximum Gasteiger partial charge on any atom is 0.260 e. The quantitative estimate of drug-likeness (QED) is 0.731. The number of nitrogens with zero attached hydrogens (tertiary/aromatic N) is 2. The predicted octanol–water partition coefficient (Wildman–Crippen LogP) is 3.41. The maximum atomic E-state index is 12.5. The van der Waals surface area contributed by atoms with Crippen LogP contribution in [0.3, 0.4) is 0 Å². The molecule has 3 fully saturated rings. The van der Waals surface area contributed by atoms with Gasteiger partial charge in [0.25, 0.3) is 5.91 Å². The van der Waals surface area contributed by atoms with Gasteiger partial charge in [0.15, 0.2) is 6.61 Å². The van der Waals surface area contributed by atoms with Gasteiger partial charge in [-0.15, -0.1) is 23.5 Å². The van der Waals surface area contributed by atoms with Crippen LogP contribution in [0.25, 0.3) is 0 Å². The summed E-state index contributed by atoms with van der Waals surface area (Å²) >= 11 is 4.00. The average molecular weight is 421 g/mol. The van der Waals surface area contributed by atoms with E-state index in [9.17, 15) is 9.59 Å². The number of hydrogen-bond donors (Lipinski definition) is 0. The Morgan fingerprint density at radius 2 is 1.57 bits per heavy atom. The first-order valence-electron chi connectivity index (χ1n) is 10.2. The first-order chi connectivity index (χ1) is 13.7. The third-order valence-corrected chi connectivity index (χ3v) is 8.76. The van der Waals surface area contributed by atoms with Crippen molar-refractivity contribution in [1.82, 2.24) is 9.80 Å². The largest absolute Gasteiger partial charge is 0.484 e. The summed E-state index contributed by atoms with van der Waals surface area (Å²) in [6, 6.07) is 8.16. The zero-order valence-electron chi connectivity index (χ0n) is 16.2. The fourth-order valence-corrected chi connectivity index (χ4v) is 6.62. The van der Waals surface area contributed by atoms with Gasteiger partial charge in [-0.3, -0.25) is 9.59 Å². The number of piperazine rings is 1. The monoisotopic (exact) mass is 420 g/mol. The van der Waals surface area contributed by atoms with Gasteiger partial charge in [-0.1, -0.05) is 18.6 Å². The molecular formula is C21H28N2O3S2. The van der Waals surface area contributed by atoms with E-state index in [0.29, 0.717) is 30.8 Å². The molecule has 1 aromatic carbocycles. The molecule has 0 aromatic heterocycles. The molecule has 0 radical (unpaired) electrons. The summed E-state index contributed by atoms with van der Waals surface area (Å²) in [5.74, 6) is 3.70. The van der Waals surface area contributed by atoms with Crippen molar-refractivity contribution >= 4 is 35.3 Å². The molecule has 2 amide bonds. The number of amides is 2. The van der Waals surface area contributed by atoms with E-state index in [1.54, 1.807) is 0 Å². The predicted molar refractivity (Wildman–Crippen MR) is 115 cm³/mol. The Kier molecular flexibility index (Phi) is 6.73. The standard InChI is InChI=1S/C21H28N2O3S2/c24-19(22-9-11-23(12-10-22)20(25)16-3-1-4-16)15-26-18-7-5-17(6-8-18)21-27-13-2-14-28-21/h5-8,16,21H,1-4,9-15H2. The van der Waals surface area contributed by atoms with Crippen LogP contribution in [0.4, 0.5) is 0 Å². The third-order valence-electron chi connectivity index (χ3n) is 5.74. The minimum absolute atomic E-state index is 0.00166. The molecule has 7 heteroatoms. The summed E-state index contributed by atoms with van der Waals surface area (Å²) in [6.07, 6.45) is 4.52. The molecule has 2 aliphatic heterocycles. The second-order valence-corrected chi connectivity index (χ2v) is 10.3. The molecular weight excluding hydrogens is 392 g/mol. The fraction of sp³-hybridized carbons (Fsp3) is 0.619. The van der Waals surface area contributed by atoms with Gasteiger partial charge >= 0.3 is 0 Å². The van der Waals surface area contributed by atoms with E-state index in [0.717, 1.165) is 18.6 Å². The van der Waals surface area contributed by atoms with Crippen LogP contribution in [-0.2, 0) is 9.59 Å². The van der Waals surface area contributed by atoms with E-state index in [-0.39, 0.29) is 24.3 Å². The highest BCUT2D eigenvalue weighted by molar-refractivity contribution is 8.16. The SMILES string of the molecule is O=C(COc1ccc(C2SCCCS2)cc1)N1CCN(C(=O)C2CCC2)CC1. The van der Waals surface area contributed by atoms with Crippen molar-refractivity contribution in [3.8, 4) is 5.75 Å². The van der Waals surface area contributed by atoms with Gasteiger partial charge in [-0.05, 0) is 48.5 Å². The summed E-state index contributed by atoms with van der Waals surface area (Å²) in [5, 5.41) is 0. The molecule has 28 heavy (non-hydrogen) atoms. The van der Waals surface area contributed by atoms with Crippen LogP contribution < -0.4 is 4.74 Å². The molecule has 0 atom stereocenters. The van der Waals surface area contributed by atoms with Gasteiger partial charge in [-0.2, -0.15) is 0 Å². The smallest absolute Gasteiger partial charge is 0.260 e. The Labute approximate surface area is 175 Å². The number of rotatable bonds is 5. The van der Waals surface area contributed by atoms with Gasteiger partial charge in [0.05, 0.1) is 4.58 Å². The lowest BCUT2D eigenvalue weighted by molar-refractivity contribution is -0.144. The molecule has 1 aromatic rings. The van der Waals surface area contributed by atoms with E-state index >= 15 is 0 Å². The van der Waals surface area contributed by atoms with Crippen LogP contribution in [0.2, 0.25) is 0 Å². The van der Waals surface area contributed by atoms with Crippen molar-refractivity contribution in [3.63, 3.8) is 0 Å². The van der Waals surface area contributed by atoms with Crippen LogP contribution in [-0.4, -0.2) is 65.9 Å². The minimum atomic E-state index is -0.00166. The molecule has 2 saturated heterocycles. The van der Waals surface area contributed by atoms with Crippen molar-refractivity contribution < 1.29 is 14.3 Å². The van der Waals surface area contributed by atoms with E-state index in [1.165, 1.54) is 29.9 Å². The normalized spacial score (nSPS) is 21.3. The Morgan fingerprint density at radius 3 is 2.18 bits per heavy atom. The van der Waals surface area contributed by atoms with Crippen LogP contribution in [0.5, 0.6) is 5.75 Å². The van der Waals surface area contributed by atoms with Crippen molar-refractivity contribution in [2.45, 2.75) is 30.3 Å². The minimum Gasteiger partial charge on any atom is -0.484 e. The number of carbonyl (C=O) groups is 2. The number of benzene rings is 1. The molecule has 152 valence electrons. The lowest BCUT2D eigenvalue weighted by atomic mass is 9.84. The highest BCUT2D eigenvalue weighted by Gasteiger charge is 2.32. The Bertz CT molecular complexity index is 679. The first kappa shape index (κ1) is 20.0. The molecule has 5 nitrogen and oxygen atoms in total. The summed E-state index contributed by atoms with van der Waals surface area (Å²) in [6.45, 7) is 2.56. The Morgan fingerprint density at radius 1 is 0.929 bits per heavy atom. The summed E-state index contributed by atoms with van der Waals surface area (Å²) in [5.41, 5.74) is 1.32. The number of hydrogen-bond acceptors (Lipinski definition) is 5. The van der Waals surface area contributed by atoms with E-state index < -0.39 is 0 Å². The van der Waals surface area contributed by atoms with Crippen LogP contribution in [0.1, 0.15) is 35.8 Å². The molecule has 1 aliphatic carbocycles. The van der Waals surface area contributed by atoms with Crippen LogP contribution >= 0.6 is 23.5 Å². The zero-order chi connectivity index (χ0) is 19.3. The van der Waals surface area contributed by atoms with E-state index in [4.69, 9.17) is 4.74 Å². The molecule has 1 saturated carbocycles. The zero-order valence-corrected chi connectivity index (χ0v) is 17.8. The molecule has 0 bridgehead atoms. The maximum absolute atomic E-state index is 12.5. The fourth-order valence-electron chi connectivity index (χ4n) is 3.73. The van der Waals surface area contributed by atoms with Crippen LogP contribution in [0.15, 0.2) is 24.3 Å². The lowest BCUT2D eigenvalue weighted by Gasteiger charge is -2.38. The van der Waals surface area contributed by atoms with Gasteiger partial charge in [0, 0.05) is 32.1 Å².